The highest BCUT2D eigenvalue weighted by Gasteiger charge is 2.10. The van der Waals surface area contributed by atoms with E-state index in [0.717, 1.165) is 16.8 Å². The number of aromatic nitrogens is 2. The predicted molar refractivity (Wildman–Crippen MR) is 106 cm³/mol. The lowest BCUT2D eigenvalue weighted by Crippen LogP contribution is -2.15. The zero-order chi connectivity index (χ0) is 19.2. The fourth-order valence-corrected chi connectivity index (χ4v) is 2.75. The lowest BCUT2D eigenvalue weighted by Gasteiger charge is -2.13. The number of hydrogen-bond donors (Lipinski definition) is 1. The number of ether oxygens (including phenoxy) is 2. The molecule has 2 aromatic carbocycles. The summed E-state index contributed by atoms with van der Waals surface area (Å²) >= 11 is 0. The van der Waals surface area contributed by atoms with E-state index in [9.17, 15) is 4.79 Å². The van der Waals surface area contributed by atoms with E-state index < -0.39 is 0 Å². The van der Waals surface area contributed by atoms with Crippen molar-refractivity contribution in [2.24, 2.45) is 5.92 Å². The summed E-state index contributed by atoms with van der Waals surface area (Å²) in [6.07, 6.45) is 0.485. The van der Waals surface area contributed by atoms with E-state index in [-0.39, 0.29) is 5.56 Å². The van der Waals surface area contributed by atoms with Gasteiger partial charge in [0.1, 0.15) is 0 Å². The lowest BCUT2D eigenvalue weighted by atomic mass is 10.0. The van der Waals surface area contributed by atoms with E-state index in [2.05, 4.69) is 24.0 Å². The van der Waals surface area contributed by atoms with Crippen molar-refractivity contribution in [3.8, 4) is 22.8 Å². The number of nitrogens with zero attached hydrogens (tertiary/aromatic N) is 1. The molecule has 0 fully saturated rings. The SMILES string of the molecule is COc1cc(Cc2cc(-c3ccccc3)n[nH]c2=O)ccc1OCC(C)C. The van der Waals surface area contributed by atoms with Gasteiger partial charge in [0.25, 0.3) is 5.56 Å². The molecule has 5 heteroatoms. The largest absolute Gasteiger partial charge is 0.493 e. The van der Waals surface area contributed by atoms with Gasteiger partial charge in [0.2, 0.25) is 0 Å². The van der Waals surface area contributed by atoms with Gasteiger partial charge < -0.3 is 9.47 Å². The van der Waals surface area contributed by atoms with E-state index >= 15 is 0 Å². The molecule has 0 bridgehead atoms. The Balaban J connectivity index is 1.85. The molecule has 0 aliphatic carbocycles. The Hall–Kier alpha value is -3.08. The van der Waals surface area contributed by atoms with Crippen molar-refractivity contribution >= 4 is 0 Å². The summed E-state index contributed by atoms with van der Waals surface area (Å²) in [4.78, 5) is 12.2. The molecule has 0 atom stereocenters. The van der Waals surface area contributed by atoms with Crippen molar-refractivity contribution in [2.45, 2.75) is 20.3 Å². The standard InChI is InChI=1S/C22H24N2O3/c1-15(2)14-27-20-10-9-16(12-21(20)26-3)11-18-13-19(23-24-22(18)25)17-7-5-4-6-8-17/h4-10,12-13,15H,11,14H2,1-3H3,(H,24,25). The van der Waals surface area contributed by atoms with E-state index in [1.807, 2.05) is 54.6 Å². The van der Waals surface area contributed by atoms with Gasteiger partial charge in [-0.25, -0.2) is 5.10 Å². The van der Waals surface area contributed by atoms with Gasteiger partial charge in [0.05, 0.1) is 19.4 Å². The number of rotatable bonds is 7. The summed E-state index contributed by atoms with van der Waals surface area (Å²) in [5, 5.41) is 6.76. The number of aromatic amines is 1. The molecule has 1 aromatic heterocycles. The van der Waals surface area contributed by atoms with Gasteiger partial charge in [0, 0.05) is 17.5 Å². The minimum atomic E-state index is -0.186. The second-order valence-corrected chi connectivity index (χ2v) is 6.84. The molecule has 0 unspecified atom stereocenters. The van der Waals surface area contributed by atoms with Crippen LogP contribution in [0.15, 0.2) is 59.4 Å². The summed E-state index contributed by atoms with van der Waals surface area (Å²) in [6, 6.07) is 17.4. The number of hydrogen-bond acceptors (Lipinski definition) is 4. The number of H-pyrrole nitrogens is 1. The Kier molecular flexibility index (Phi) is 5.91. The lowest BCUT2D eigenvalue weighted by molar-refractivity contribution is 0.257. The first-order valence-electron chi connectivity index (χ1n) is 9.00. The van der Waals surface area contributed by atoms with Crippen LogP contribution in [0.1, 0.15) is 25.0 Å². The predicted octanol–water partition coefficient (Wildman–Crippen LogP) is 4.07. The van der Waals surface area contributed by atoms with E-state index in [1.165, 1.54) is 0 Å². The van der Waals surface area contributed by atoms with Crippen LogP contribution in [-0.4, -0.2) is 23.9 Å². The average molecular weight is 364 g/mol. The van der Waals surface area contributed by atoms with Crippen LogP contribution in [0.5, 0.6) is 11.5 Å². The first-order valence-corrected chi connectivity index (χ1v) is 9.00. The molecule has 0 spiro atoms. The van der Waals surface area contributed by atoms with Crippen molar-refractivity contribution in [3.63, 3.8) is 0 Å². The van der Waals surface area contributed by atoms with Gasteiger partial charge in [-0.3, -0.25) is 4.79 Å². The fourth-order valence-electron chi connectivity index (χ4n) is 2.75. The zero-order valence-electron chi connectivity index (χ0n) is 15.9. The maximum absolute atomic E-state index is 12.2. The summed E-state index contributed by atoms with van der Waals surface area (Å²) in [7, 11) is 1.62. The molecule has 5 nitrogen and oxygen atoms in total. The summed E-state index contributed by atoms with van der Waals surface area (Å²) < 4.78 is 11.2. The van der Waals surface area contributed by atoms with Crippen LogP contribution in [0.25, 0.3) is 11.3 Å². The zero-order valence-corrected chi connectivity index (χ0v) is 15.9. The Labute approximate surface area is 159 Å². The monoisotopic (exact) mass is 364 g/mol. The number of benzene rings is 2. The third-order valence-corrected chi connectivity index (χ3v) is 4.14. The van der Waals surface area contributed by atoms with Crippen LogP contribution in [0.3, 0.4) is 0 Å². The third-order valence-electron chi connectivity index (χ3n) is 4.14. The summed E-state index contributed by atoms with van der Waals surface area (Å²) in [5.41, 5.74) is 3.15. The minimum absolute atomic E-state index is 0.186. The second kappa shape index (κ2) is 8.54. The van der Waals surface area contributed by atoms with Crippen LogP contribution >= 0.6 is 0 Å². The van der Waals surface area contributed by atoms with Crippen molar-refractivity contribution < 1.29 is 9.47 Å². The van der Waals surface area contributed by atoms with Crippen molar-refractivity contribution in [1.29, 1.82) is 0 Å². The number of methoxy groups -OCH3 is 1. The molecular formula is C22H24N2O3. The first kappa shape index (κ1) is 18.7. The van der Waals surface area contributed by atoms with Crippen molar-refractivity contribution in [2.75, 3.05) is 13.7 Å². The second-order valence-electron chi connectivity index (χ2n) is 6.84. The fraction of sp³-hybridized carbons (Fsp3) is 0.273. The van der Waals surface area contributed by atoms with Gasteiger partial charge in [-0.2, -0.15) is 5.10 Å². The Bertz CT molecular complexity index is 949. The van der Waals surface area contributed by atoms with Crippen molar-refractivity contribution in [3.05, 3.63) is 76.1 Å². The Morgan fingerprint density at radius 1 is 1.04 bits per heavy atom. The van der Waals surface area contributed by atoms with E-state index in [1.54, 1.807) is 7.11 Å². The Morgan fingerprint density at radius 2 is 1.81 bits per heavy atom. The summed E-state index contributed by atoms with van der Waals surface area (Å²) in [6.45, 7) is 4.82. The maximum Gasteiger partial charge on any atom is 0.267 e. The third kappa shape index (κ3) is 4.76. The quantitative estimate of drug-likeness (QED) is 0.686. The van der Waals surface area contributed by atoms with Gasteiger partial charge in [0.15, 0.2) is 11.5 Å². The molecule has 0 amide bonds. The van der Waals surface area contributed by atoms with Crippen LogP contribution in [0.4, 0.5) is 0 Å². The van der Waals surface area contributed by atoms with Gasteiger partial charge in [-0.15, -0.1) is 0 Å². The highest BCUT2D eigenvalue weighted by molar-refractivity contribution is 5.59. The topological polar surface area (TPSA) is 64.2 Å². The molecule has 0 aliphatic heterocycles. The molecule has 0 saturated carbocycles. The molecule has 140 valence electrons. The number of nitrogens with one attached hydrogen (secondary N) is 1. The normalized spacial score (nSPS) is 10.8. The smallest absolute Gasteiger partial charge is 0.267 e. The first-order chi connectivity index (χ1) is 13.1. The van der Waals surface area contributed by atoms with Crippen LogP contribution in [-0.2, 0) is 6.42 Å². The van der Waals surface area contributed by atoms with E-state index in [0.29, 0.717) is 36.0 Å². The van der Waals surface area contributed by atoms with Gasteiger partial charge >= 0.3 is 0 Å². The van der Waals surface area contributed by atoms with Crippen LogP contribution in [0.2, 0.25) is 0 Å². The van der Waals surface area contributed by atoms with E-state index in [4.69, 9.17) is 9.47 Å². The average Bonchev–Trinajstić information content (AvgIpc) is 2.69. The summed E-state index contributed by atoms with van der Waals surface area (Å²) in [5.74, 6) is 1.81. The molecule has 3 aromatic rings. The van der Waals surface area contributed by atoms with Crippen LogP contribution in [0, 0.1) is 5.92 Å². The molecule has 1 N–H and O–H groups in total. The molecular weight excluding hydrogens is 340 g/mol. The molecule has 0 radical (unpaired) electrons. The Morgan fingerprint density at radius 3 is 2.52 bits per heavy atom. The van der Waals surface area contributed by atoms with Gasteiger partial charge in [-0.05, 0) is 29.7 Å². The van der Waals surface area contributed by atoms with Crippen molar-refractivity contribution in [1.82, 2.24) is 10.2 Å². The highest BCUT2D eigenvalue weighted by atomic mass is 16.5. The van der Waals surface area contributed by atoms with Gasteiger partial charge in [-0.1, -0.05) is 50.2 Å². The minimum Gasteiger partial charge on any atom is -0.493 e. The molecule has 27 heavy (non-hydrogen) atoms. The molecule has 0 saturated heterocycles. The van der Waals surface area contributed by atoms with Crippen LogP contribution < -0.4 is 15.0 Å². The maximum atomic E-state index is 12.2. The molecule has 1 heterocycles. The molecule has 0 aliphatic rings. The highest BCUT2D eigenvalue weighted by Crippen LogP contribution is 2.29. The molecule has 3 rings (SSSR count).